The summed E-state index contributed by atoms with van der Waals surface area (Å²) in [6.07, 6.45) is 6.13. The second-order valence-electron chi connectivity index (χ2n) is 7.49. The second-order valence-corrected chi connectivity index (χ2v) is 7.88. The van der Waals surface area contributed by atoms with E-state index in [0.29, 0.717) is 16.7 Å². The number of nitrogens with one attached hydrogen (secondary N) is 1. The van der Waals surface area contributed by atoms with Crippen LogP contribution in [-0.4, -0.2) is 29.0 Å². The average Bonchev–Trinajstić information content (AvgIpc) is 2.54. The van der Waals surface area contributed by atoms with Crippen LogP contribution in [0.25, 0.3) is 0 Å². The van der Waals surface area contributed by atoms with E-state index in [1.54, 1.807) is 0 Å². The zero-order valence-corrected chi connectivity index (χ0v) is 15.5. The number of carbonyl (C=O) groups excluding carboxylic acids is 1. The summed E-state index contributed by atoms with van der Waals surface area (Å²) in [5.41, 5.74) is 1.96. The highest BCUT2D eigenvalue weighted by Crippen LogP contribution is 2.23. The Labute approximate surface area is 145 Å². The van der Waals surface area contributed by atoms with Crippen molar-refractivity contribution >= 4 is 23.2 Å². The number of nitrogens with zero attached hydrogens (tertiary/aromatic N) is 1. The summed E-state index contributed by atoms with van der Waals surface area (Å²) in [5, 5.41) is 3.40. The molecule has 0 heterocycles. The van der Waals surface area contributed by atoms with Crippen LogP contribution in [0.4, 0.5) is 0 Å². The number of thiocarbonyl (C=S) groups is 1. The van der Waals surface area contributed by atoms with Crippen molar-refractivity contribution < 1.29 is 4.79 Å². The Morgan fingerprint density at radius 2 is 1.70 bits per heavy atom. The molecule has 1 saturated carbocycles. The molecule has 0 saturated heterocycles. The van der Waals surface area contributed by atoms with E-state index in [2.05, 4.69) is 31.0 Å². The molecule has 1 aliphatic rings. The van der Waals surface area contributed by atoms with Gasteiger partial charge in [0.25, 0.3) is 5.91 Å². The molecule has 0 atom stereocenters. The number of carbonyl (C=O) groups is 1. The summed E-state index contributed by atoms with van der Waals surface area (Å²) in [6, 6.07) is 8.24. The maximum atomic E-state index is 12.4. The lowest BCUT2D eigenvalue weighted by Gasteiger charge is -2.32. The van der Waals surface area contributed by atoms with E-state index in [9.17, 15) is 4.79 Å². The molecule has 1 amide bonds. The molecule has 1 N–H and O–H groups in total. The van der Waals surface area contributed by atoms with Gasteiger partial charge in [-0.05, 0) is 48.2 Å². The summed E-state index contributed by atoms with van der Waals surface area (Å²) in [5.74, 6) is -0.127. The zero-order chi connectivity index (χ0) is 17.0. The predicted molar refractivity (Wildman–Crippen MR) is 99.8 cm³/mol. The van der Waals surface area contributed by atoms with Gasteiger partial charge in [0, 0.05) is 18.7 Å². The van der Waals surface area contributed by atoms with Gasteiger partial charge in [0.2, 0.25) is 0 Å². The quantitative estimate of drug-likeness (QED) is 0.821. The monoisotopic (exact) mass is 332 g/mol. The SMILES string of the molecule is CN(C(=S)NC(=O)c1ccc(C(C)(C)C)cc1)C1CCCCC1. The molecule has 0 radical (unpaired) electrons. The molecule has 1 aliphatic carbocycles. The van der Waals surface area contributed by atoms with E-state index >= 15 is 0 Å². The van der Waals surface area contributed by atoms with Gasteiger partial charge >= 0.3 is 0 Å². The Kier molecular flexibility index (Phi) is 5.79. The highest BCUT2D eigenvalue weighted by Gasteiger charge is 2.21. The van der Waals surface area contributed by atoms with Crippen LogP contribution in [0.3, 0.4) is 0 Å². The average molecular weight is 333 g/mol. The summed E-state index contributed by atoms with van der Waals surface area (Å²) < 4.78 is 0. The standard InChI is InChI=1S/C19H28N2OS/c1-19(2,3)15-12-10-14(11-13-15)17(22)20-18(23)21(4)16-8-6-5-7-9-16/h10-13,16H,5-9H2,1-4H3,(H,20,22,23). The lowest BCUT2D eigenvalue weighted by molar-refractivity contribution is 0.0971. The molecule has 1 aromatic carbocycles. The summed E-state index contributed by atoms with van der Waals surface area (Å²) in [4.78, 5) is 14.4. The van der Waals surface area contributed by atoms with E-state index in [1.807, 2.05) is 31.3 Å². The molecule has 126 valence electrons. The molecule has 23 heavy (non-hydrogen) atoms. The molecule has 4 heteroatoms. The van der Waals surface area contributed by atoms with E-state index < -0.39 is 0 Å². The zero-order valence-electron chi connectivity index (χ0n) is 14.7. The lowest BCUT2D eigenvalue weighted by atomic mass is 9.87. The normalized spacial score (nSPS) is 16.0. The molecule has 0 bridgehead atoms. The molecule has 0 spiro atoms. The Bertz CT molecular complexity index is 554. The summed E-state index contributed by atoms with van der Waals surface area (Å²) >= 11 is 5.41. The van der Waals surface area contributed by atoms with Crippen LogP contribution in [-0.2, 0) is 5.41 Å². The molecule has 0 unspecified atom stereocenters. The van der Waals surface area contributed by atoms with Crippen molar-refractivity contribution in [2.24, 2.45) is 0 Å². The smallest absolute Gasteiger partial charge is 0.257 e. The number of hydrogen-bond acceptors (Lipinski definition) is 2. The number of hydrogen-bond donors (Lipinski definition) is 1. The molecule has 0 aromatic heterocycles. The van der Waals surface area contributed by atoms with Gasteiger partial charge in [0.05, 0.1) is 0 Å². The van der Waals surface area contributed by atoms with Crippen molar-refractivity contribution in [3.63, 3.8) is 0 Å². The summed E-state index contributed by atoms with van der Waals surface area (Å²) in [6.45, 7) is 6.49. The fraction of sp³-hybridized carbons (Fsp3) is 0.579. The van der Waals surface area contributed by atoms with Crippen LogP contribution in [0.15, 0.2) is 24.3 Å². The van der Waals surface area contributed by atoms with E-state index in [0.717, 1.165) is 12.8 Å². The fourth-order valence-corrected chi connectivity index (χ4v) is 3.25. The van der Waals surface area contributed by atoms with Crippen LogP contribution in [0.5, 0.6) is 0 Å². The van der Waals surface area contributed by atoms with Gasteiger partial charge in [-0.1, -0.05) is 52.2 Å². The van der Waals surface area contributed by atoms with Crippen molar-refractivity contribution in [2.75, 3.05) is 7.05 Å². The van der Waals surface area contributed by atoms with Crippen molar-refractivity contribution in [1.29, 1.82) is 0 Å². The van der Waals surface area contributed by atoms with Crippen LogP contribution in [0, 0.1) is 0 Å². The first-order chi connectivity index (χ1) is 10.8. The van der Waals surface area contributed by atoms with Gasteiger partial charge in [-0.15, -0.1) is 0 Å². The Hall–Kier alpha value is -1.42. The first kappa shape index (κ1) is 17.9. The van der Waals surface area contributed by atoms with Gasteiger partial charge in [-0.2, -0.15) is 0 Å². The van der Waals surface area contributed by atoms with E-state index in [4.69, 9.17) is 12.2 Å². The summed E-state index contributed by atoms with van der Waals surface area (Å²) in [7, 11) is 1.99. The lowest BCUT2D eigenvalue weighted by Crippen LogP contribution is -2.46. The van der Waals surface area contributed by atoms with E-state index in [1.165, 1.54) is 24.8 Å². The maximum Gasteiger partial charge on any atom is 0.257 e. The van der Waals surface area contributed by atoms with Crippen LogP contribution in [0.1, 0.15) is 68.8 Å². The van der Waals surface area contributed by atoms with Crippen molar-refractivity contribution in [3.05, 3.63) is 35.4 Å². The third-order valence-corrected chi connectivity index (χ3v) is 5.07. The Morgan fingerprint density at radius 3 is 2.22 bits per heavy atom. The largest absolute Gasteiger partial charge is 0.349 e. The first-order valence-corrected chi connectivity index (χ1v) is 8.88. The molecule has 0 aliphatic heterocycles. The molecular formula is C19H28N2OS. The van der Waals surface area contributed by atoms with Gasteiger partial charge in [-0.25, -0.2) is 0 Å². The van der Waals surface area contributed by atoms with Gasteiger partial charge in [0.1, 0.15) is 0 Å². The molecule has 2 rings (SSSR count). The molecule has 1 aromatic rings. The third kappa shape index (κ3) is 4.77. The fourth-order valence-electron chi connectivity index (χ4n) is 3.01. The predicted octanol–water partition coefficient (Wildman–Crippen LogP) is 4.26. The first-order valence-electron chi connectivity index (χ1n) is 8.48. The van der Waals surface area contributed by atoms with Crippen molar-refractivity contribution in [2.45, 2.75) is 64.3 Å². The molecule has 3 nitrogen and oxygen atoms in total. The third-order valence-electron chi connectivity index (χ3n) is 4.68. The van der Waals surface area contributed by atoms with Crippen LogP contribution >= 0.6 is 12.2 Å². The molecule has 1 fully saturated rings. The van der Waals surface area contributed by atoms with Crippen LogP contribution < -0.4 is 5.32 Å². The maximum absolute atomic E-state index is 12.4. The minimum atomic E-state index is -0.127. The number of amides is 1. The van der Waals surface area contributed by atoms with Crippen molar-refractivity contribution in [3.8, 4) is 0 Å². The van der Waals surface area contributed by atoms with Gasteiger partial charge in [0.15, 0.2) is 5.11 Å². The Balaban J connectivity index is 1.96. The highest BCUT2D eigenvalue weighted by molar-refractivity contribution is 7.80. The van der Waals surface area contributed by atoms with Crippen LogP contribution in [0.2, 0.25) is 0 Å². The topological polar surface area (TPSA) is 32.3 Å². The minimum Gasteiger partial charge on any atom is -0.349 e. The Morgan fingerprint density at radius 1 is 1.13 bits per heavy atom. The molecular weight excluding hydrogens is 304 g/mol. The minimum absolute atomic E-state index is 0.0888. The second kappa shape index (κ2) is 7.43. The van der Waals surface area contributed by atoms with Gasteiger partial charge in [-0.3, -0.25) is 10.1 Å². The number of rotatable bonds is 2. The number of benzene rings is 1. The highest BCUT2D eigenvalue weighted by atomic mass is 32.1. The van der Waals surface area contributed by atoms with Crippen molar-refractivity contribution in [1.82, 2.24) is 10.2 Å². The van der Waals surface area contributed by atoms with E-state index in [-0.39, 0.29) is 11.3 Å². The van der Waals surface area contributed by atoms with Gasteiger partial charge < -0.3 is 4.90 Å².